The van der Waals surface area contributed by atoms with Crippen LogP contribution in [0.25, 0.3) is 6.08 Å². The molecule has 0 aliphatic carbocycles. The Morgan fingerprint density at radius 1 is 1.35 bits per heavy atom. The molecular formula is C18H17NO4. The first-order valence-electron chi connectivity index (χ1n) is 7.32. The quantitative estimate of drug-likeness (QED) is 0.815. The van der Waals surface area contributed by atoms with Gasteiger partial charge in [0, 0.05) is 31.1 Å². The SMILES string of the molecule is CC(=O)[C@@H](C)Oc1ccc2c(c1)O/C(=C/c1cccn1C)C2=O. The Morgan fingerprint density at radius 2 is 2.13 bits per heavy atom. The van der Waals surface area contributed by atoms with E-state index >= 15 is 0 Å². The van der Waals surface area contributed by atoms with Crippen LogP contribution in [0.5, 0.6) is 11.5 Å². The van der Waals surface area contributed by atoms with Gasteiger partial charge in [-0.15, -0.1) is 0 Å². The fourth-order valence-corrected chi connectivity index (χ4v) is 2.29. The second-order valence-corrected chi connectivity index (χ2v) is 5.51. The maximum atomic E-state index is 12.4. The molecule has 0 saturated carbocycles. The zero-order chi connectivity index (χ0) is 16.6. The van der Waals surface area contributed by atoms with Crippen LogP contribution in [0.4, 0.5) is 0 Å². The van der Waals surface area contributed by atoms with Gasteiger partial charge in [0.15, 0.2) is 17.6 Å². The van der Waals surface area contributed by atoms with Gasteiger partial charge < -0.3 is 14.0 Å². The first kappa shape index (κ1) is 15.1. The minimum absolute atomic E-state index is 0.0632. The number of hydrogen-bond donors (Lipinski definition) is 0. The maximum Gasteiger partial charge on any atom is 0.232 e. The second-order valence-electron chi connectivity index (χ2n) is 5.51. The molecule has 0 fully saturated rings. The van der Waals surface area contributed by atoms with Gasteiger partial charge in [-0.3, -0.25) is 9.59 Å². The minimum atomic E-state index is -0.538. The van der Waals surface area contributed by atoms with Crippen molar-refractivity contribution >= 4 is 17.6 Å². The third kappa shape index (κ3) is 2.90. The molecule has 5 heteroatoms. The number of benzene rings is 1. The van der Waals surface area contributed by atoms with Crippen molar-refractivity contribution in [3.63, 3.8) is 0 Å². The van der Waals surface area contributed by atoms with E-state index in [4.69, 9.17) is 9.47 Å². The largest absolute Gasteiger partial charge is 0.483 e. The molecule has 1 atom stereocenters. The number of aryl methyl sites for hydroxylation is 1. The van der Waals surface area contributed by atoms with Crippen molar-refractivity contribution in [3.8, 4) is 11.5 Å². The zero-order valence-electron chi connectivity index (χ0n) is 13.2. The van der Waals surface area contributed by atoms with Crippen LogP contribution in [-0.4, -0.2) is 22.2 Å². The third-order valence-corrected chi connectivity index (χ3v) is 3.79. The molecule has 1 aliphatic heterocycles. The lowest BCUT2D eigenvalue weighted by Crippen LogP contribution is -2.20. The van der Waals surface area contributed by atoms with Crippen LogP contribution in [0.2, 0.25) is 0 Å². The summed E-state index contributed by atoms with van der Waals surface area (Å²) in [6, 6.07) is 8.76. The summed E-state index contributed by atoms with van der Waals surface area (Å²) < 4.78 is 13.1. The van der Waals surface area contributed by atoms with Gasteiger partial charge in [-0.25, -0.2) is 0 Å². The molecule has 0 spiro atoms. The fourth-order valence-electron chi connectivity index (χ4n) is 2.29. The Kier molecular flexibility index (Phi) is 3.78. The van der Waals surface area contributed by atoms with Crippen molar-refractivity contribution in [2.24, 2.45) is 7.05 Å². The number of Topliss-reactive ketones (excluding diaryl/α,β-unsaturated/α-hetero) is 2. The van der Waals surface area contributed by atoms with E-state index in [1.165, 1.54) is 6.92 Å². The predicted octanol–water partition coefficient (Wildman–Crippen LogP) is 3.00. The lowest BCUT2D eigenvalue weighted by atomic mass is 10.1. The number of carbonyl (C=O) groups is 2. The summed E-state index contributed by atoms with van der Waals surface area (Å²) in [5.74, 6) is 1.00. The van der Waals surface area contributed by atoms with E-state index in [1.54, 1.807) is 31.2 Å². The van der Waals surface area contributed by atoms with Crippen molar-refractivity contribution in [1.29, 1.82) is 0 Å². The molecule has 23 heavy (non-hydrogen) atoms. The maximum absolute atomic E-state index is 12.4. The highest BCUT2D eigenvalue weighted by Gasteiger charge is 2.28. The van der Waals surface area contributed by atoms with E-state index < -0.39 is 6.10 Å². The van der Waals surface area contributed by atoms with E-state index in [-0.39, 0.29) is 17.3 Å². The molecule has 1 aromatic carbocycles. The van der Waals surface area contributed by atoms with Gasteiger partial charge in [0.05, 0.1) is 5.56 Å². The number of rotatable bonds is 4. The van der Waals surface area contributed by atoms with Gasteiger partial charge in [0.1, 0.15) is 11.5 Å². The Labute approximate surface area is 134 Å². The van der Waals surface area contributed by atoms with E-state index in [0.29, 0.717) is 17.1 Å². The number of carbonyl (C=O) groups excluding carboxylic acids is 2. The highest BCUT2D eigenvalue weighted by molar-refractivity contribution is 6.14. The van der Waals surface area contributed by atoms with Crippen molar-refractivity contribution in [2.75, 3.05) is 0 Å². The van der Waals surface area contributed by atoms with Gasteiger partial charge in [-0.1, -0.05) is 0 Å². The van der Waals surface area contributed by atoms with Crippen LogP contribution in [0.15, 0.2) is 42.3 Å². The van der Waals surface area contributed by atoms with Crippen LogP contribution >= 0.6 is 0 Å². The molecule has 0 bridgehead atoms. The summed E-state index contributed by atoms with van der Waals surface area (Å²) in [6.07, 6.45) is 3.07. The Bertz CT molecular complexity index is 816. The van der Waals surface area contributed by atoms with Crippen LogP contribution in [-0.2, 0) is 11.8 Å². The smallest absolute Gasteiger partial charge is 0.232 e. The molecule has 3 rings (SSSR count). The molecule has 0 saturated heterocycles. The second kappa shape index (κ2) is 5.76. The first-order valence-corrected chi connectivity index (χ1v) is 7.32. The summed E-state index contributed by atoms with van der Waals surface area (Å²) in [4.78, 5) is 23.7. The van der Waals surface area contributed by atoms with Gasteiger partial charge in [-0.2, -0.15) is 0 Å². The number of hydrogen-bond acceptors (Lipinski definition) is 4. The normalized spacial score (nSPS) is 16.1. The summed E-state index contributed by atoms with van der Waals surface area (Å²) in [6.45, 7) is 3.15. The van der Waals surface area contributed by atoms with Crippen molar-refractivity contribution in [2.45, 2.75) is 20.0 Å². The van der Waals surface area contributed by atoms with Gasteiger partial charge in [0.2, 0.25) is 5.78 Å². The number of fused-ring (bicyclic) bond motifs is 1. The van der Waals surface area contributed by atoms with Crippen molar-refractivity contribution < 1.29 is 19.1 Å². The van der Waals surface area contributed by atoms with Crippen LogP contribution in [0, 0.1) is 0 Å². The third-order valence-electron chi connectivity index (χ3n) is 3.79. The lowest BCUT2D eigenvalue weighted by Gasteiger charge is -2.11. The molecule has 0 radical (unpaired) electrons. The summed E-state index contributed by atoms with van der Waals surface area (Å²) in [5, 5.41) is 0. The van der Waals surface area contributed by atoms with Crippen LogP contribution in [0.1, 0.15) is 29.9 Å². The number of ketones is 2. The molecule has 0 amide bonds. The van der Waals surface area contributed by atoms with Gasteiger partial charge >= 0.3 is 0 Å². The molecule has 0 unspecified atom stereocenters. The highest BCUT2D eigenvalue weighted by Crippen LogP contribution is 2.35. The molecule has 118 valence electrons. The molecular weight excluding hydrogens is 294 g/mol. The molecule has 1 aromatic heterocycles. The molecule has 0 N–H and O–H groups in total. The number of allylic oxidation sites excluding steroid dienone is 1. The van der Waals surface area contributed by atoms with Gasteiger partial charge in [-0.05, 0) is 38.1 Å². The number of aromatic nitrogens is 1. The highest BCUT2D eigenvalue weighted by atomic mass is 16.5. The Balaban J connectivity index is 1.86. The summed E-state index contributed by atoms with van der Waals surface area (Å²) >= 11 is 0. The van der Waals surface area contributed by atoms with Gasteiger partial charge in [0.25, 0.3) is 0 Å². The molecule has 2 heterocycles. The monoisotopic (exact) mass is 311 g/mol. The first-order chi connectivity index (χ1) is 11.0. The molecule has 5 nitrogen and oxygen atoms in total. The average molecular weight is 311 g/mol. The fraction of sp³-hybridized carbons (Fsp3) is 0.222. The Hall–Kier alpha value is -2.82. The lowest BCUT2D eigenvalue weighted by molar-refractivity contribution is -0.122. The predicted molar refractivity (Wildman–Crippen MR) is 85.6 cm³/mol. The van der Waals surface area contributed by atoms with E-state index in [0.717, 1.165) is 5.69 Å². The molecule has 1 aliphatic rings. The standard InChI is InChI=1S/C18H17NO4/c1-11(20)12(2)22-14-6-7-15-16(10-14)23-17(18(15)21)9-13-5-4-8-19(13)3/h4-10,12H,1-3H3/b17-9+/t12-/m1/s1. The number of ether oxygens (including phenoxy) is 2. The topological polar surface area (TPSA) is 57.5 Å². The zero-order valence-corrected chi connectivity index (χ0v) is 13.2. The van der Waals surface area contributed by atoms with E-state index in [9.17, 15) is 9.59 Å². The summed E-state index contributed by atoms with van der Waals surface area (Å²) in [7, 11) is 1.90. The minimum Gasteiger partial charge on any atom is -0.483 e. The average Bonchev–Trinajstić information content (AvgIpc) is 3.04. The van der Waals surface area contributed by atoms with Crippen LogP contribution < -0.4 is 9.47 Å². The van der Waals surface area contributed by atoms with Crippen LogP contribution in [0.3, 0.4) is 0 Å². The van der Waals surface area contributed by atoms with E-state index in [2.05, 4.69) is 0 Å². The van der Waals surface area contributed by atoms with E-state index in [1.807, 2.05) is 29.9 Å². The van der Waals surface area contributed by atoms with Crippen molar-refractivity contribution in [3.05, 3.63) is 53.5 Å². The Morgan fingerprint density at radius 3 is 2.78 bits per heavy atom. The number of nitrogens with zero attached hydrogens (tertiary/aromatic N) is 1. The molecule has 2 aromatic rings. The van der Waals surface area contributed by atoms with Crippen molar-refractivity contribution in [1.82, 2.24) is 4.57 Å². The summed E-state index contributed by atoms with van der Waals surface area (Å²) in [5.41, 5.74) is 1.37.